The summed E-state index contributed by atoms with van der Waals surface area (Å²) < 4.78 is 33.3. The maximum Gasteiger partial charge on any atom is 0.253 e. The molecule has 1 amide bonds. The van der Waals surface area contributed by atoms with E-state index in [1.54, 1.807) is 26.3 Å². The molecule has 0 saturated heterocycles. The lowest BCUT2D eigenvalue weighted by Crippen LogP contribution is -2.27. The molecule has 0 saturated carbocycles. The van der Waals surface area contributed by atoms with Gasteiger partial charge in [0.05, 0.1) is 12.0 Å². The van der Waals surface area contributed by atoms with Crippen LogP contribution >= 0.6 is 15.9 Å². The first kappa shape index (κ1) is 21.4. The van der Waals surface area contributed by atoms with Crippen molar-refractivity contribution in [2.75, 3.05) is 20.7 Å². The van der Waals surface area contributed by atoms with Crippen molar-refractivity contribution in [1.29, 1.82) is 0 Å². The van der Waals surface area contributed by atoms with E-state index in [4.69, 9.17) is 4.74 Å². The van der Waals surface area contributed by atoms with Crippen molar-refractivity contribution >= 4 is 31.9 Å². The molecule has 0 radical (unpaired) electrons. The molecule has 27 heavy (non-hydrogen) atoms. The van der Waals surface area contributed by atoms with Crippen molar-refractivity contribution in [3.8, 4) is 5.75 Å². The van der Waals surface area contributed by atoms with Gasteiger partial charge in [-0.3, -0.25) is 4.79 Å². The van der Waals surface area contributed by atoms with Gasteiger partial charge in [-0.2, -0.15) is 0 Å². The van der Waals surface area contributed by atoms with Crippen LogP contribution in [0.2, 0.25) is 0 Å². The van der Waals surface area contributed by atoms with Crippen LogP contribution in [0.1, 0.15) is 29.3 Å². The number of rotatable bonds is 8. The zero-order chi connectivity index (χ0) is 20.0. The molecule has 0 bridgehead atoms. The predicted octanol–water partition coefficient (Wildman–Crippen LogP) is 3.42. The molecule has 0 unspecified atom stereocenters. The summed E-state index contributed by atoms with van der Waals surface area (Å²) in [5.41, 5.74) is 1.15. The summed E-state index contributed by atoms with van der Waals surface area (Å²) in [6.45, 7) is 2.56. The number of amides is 1. The molecule has 2 aromatic rings. The van der Waals surface area contributed by atoms with Crippen molar-refractivity contribution < 1.29 is 17.9 Å². The average Bonchev–Trinajstić information content (AvgIpc) is 2.66. The maximum atomic E-state index is 12.8. The number of hydrogen-bond acceptors (Lipinski definition) is 4. The number of halogens is 1. The smallest absolute Gasteiger partial charge is 0.253 e. The largest absolute Gasteiger partial charge is 0.496 e. The molecule has 146 valence electrons. The molecule has 2 aromatic carbocycles. The molecule has 0 fully saturated rings. The van der Waals surface area contributed by atoms with E-state index in [0.717, 1.165) is 10.0 Å². The van der Waals surface area contributed by atoms with Crippen molar-refractivity contribution in [3.05, 3.63) is 58.1 Å². The molecule has 2 rings (SSSR count). The Labute approximate surface area is 168 Å². The Kier molecular flexibility index (Phi) is 7.41. The number of benzene rings is 2. The van der Waals surface area contributed by atoms with E-state index in [1.165, 1.54) is 17.0 Å². The van der Waals surface area contributed by atoms with Crippen LogP contribution in [-0.4, -0.2) is 39.9 Å². The molecule has 8 heteroatoms. The Bertz CT molecular complexity index is 916. The van der Waals surface area contributed by atoms with Crippen molar-refractivity contribution in [2.45, 2.75) is 24.8 Å². The minimum absolute atomic E-state index is 0.0789. The number of carbonyl (C=O) groups is 1. The zero-order valence-corrected chi connectivity index (χ0v) is 17.9. The molecular weight excluding hydrogens is 432 g/mol. The van der Waals surface area contributed by atoms with Crippen LogP contribution in [0.3, 0.4) is 0 Å². The highest BCUT2D eigenvalue weighted by atomic mass is 79.9. The number of methoxy groups -OCH3 is 1. The predicted molar refractivity (Wildman–Crippen MR) is 108 cm³/mol. The van der Waals surface area contributed by atoms with E-state index >= 15 is 0 Å². The zero-order valence-electron chi connectivity index (χ0n) is 15.5. The number of nitrogens with one attached hydrogen (secondary N) is 1. The van der Waals surface area contributed by atoms with Gasteiger partial charge >= 0.3 is 0 Å². The van der Waals surface area contributed by atoms with E-state index in [2.05, 4.69) is 20.7 Å². The quantitative estimate of drug-likeness (QED) is 0.662. The highest BCUT2D eigenvalue weighted by Gasteiger charge is 2.18. The summed E-state index contributed by atoms with van der Waals surface area (Å²) in [5, 5.41) is 0. The first-order chi connectivity index (χ1) is 12.8. The second kappa shape index (κ2) is 9.34. The van der Waals surface area contributed by atoms with Crippen LogP contribution < -0.4 is 9.46 Å². The maximum absolute atomic E-state index is 12.8. The lowest BCUT2D eigenvalue weighted by atomic mass is 10.1. The van der Waals surface area contributed by atoms with E-state index in [-0.39, 0.29) is 10.8 Å². The fourth-order valence-corrected chi connectivity index (χ4v) is 4.12. The lowest BCUT2D eigenvalue weighted by Gasteiger charge is -2.19. The summed E-state index contributed by atoms with van der Waals surface area (Å²) in [7, 11) is -0.385. The monoisotopic (exact) mass is 454 g/mol. The summed E-state index contributed by atoms with van der Waals surface area (Å²) in [6.07, 6.45) is 0.690. The number of ether oxygens (including phenoxy) is 1. The molecule has 0 spiro atoms. The summed E-state index contributed by atoms with van der Waals surface area (Å²) in [5.74, 6) is 0.405. The first-order valence-corrected chi connectivity index (χ1v) is 10.7. The Morgan fingerprint density at radius 3 is 2.63 bits per heavy atom. The van der Waals surface area contributed by atoms with Gasteiger partial charge in [-0.25, -0.2) is 13.1 Å². The Balaban J connectivity index is 2.23. The van der Waals surface area contributed by atoms with Crippen LogP contribution in [-0.2, 0) is 16.6 Å². The third-order valence-corrected chi connectivity index (χ3v) is 5.88. The molecule has 0 atom stereocenters. The van der Waals surface area contributed by atoms with Gasteiger partial charge in [0.25, 0.3) is 5.91 Å². The van der Waals surface area contributed by atoms with Crippen LogP contribution in [0.15, 0.2) is 51.8 Å². The summed E-state index contributed by atoms with van der Waals surface area (Å²) in [4.78, 5) is 14.4. The number of carbonyl (C=O) groups excluding carboxylic acids is 1. The molecule has 0 heterocycles. The molecule has 0 aliphatic heterocycles. The van der Waals surface area contributed by atoms with Crippen LogP contribution in [0.4, 0.5) is 0 Å². The third-order valence-electron chi connectivity index (χ3n) is 3.93. The highest BCUT2D eigenvalue weighted by Crippen LogP contribution is 2.24. The standard InChI is InChI=1S/C19H23BrN2O4S/c1-4-10-21-27(24,25)17-7-5-6-14(12-17)19(23)22(2)13-15-11-16(20)8-9-18(15)26-3/h5-9,11-12,21H,4,10,13H2,1-3H3. The third kappa shape index (κ3) is 5.54. The minimum atomic E-state index is -3.63. The van der Waals surface area contributed by atoms with Gasteiger partial charge in [0, 0.05) is 35.7 Å². The topological polar surface area (TPSA) is 75.7 Å². The Morgan fingerprint density at radius 1 is 1.22 bits per heavy atom. The second-order valence-corrected chi connectivity index (χ2v) is 8.73. The highest BCUT2D eigenvalue weighted by molar-refractivity contribution is 9.10. The van der Waals surface area contributed by atoms with Gasteiger partial charge < -0.3 is 9.64 Å². The van der Waals surface area contributed by atoms with Gasteiger partial charge in [-0.05, 0) is 42.8 Å². The molecule has 1 N–H and O–H groups in total. The van der Waals surface area contributed by atoms with Gasteiger partial charge in [0.15, 0.2) is 0 Å². The fourth-order valence-electron chi connectivity index (χ4n) is 2.53. The van der Waals surface area contributed by atoms with Crippen LogP contribution in [0, 0.1) is 0 Å². The minimum Gasteiger partial charge on any atom is -0.496 e. The molecule has 0 aliphatic carbocycles. The van der Waals surface area contributed by atoms with Crippen LogP contribution in [0.5, 0.6) is 5.75 Å². The molecule has 0 aromatic heterocycles. The van der Waals surface area contributed by atoms with Gasteiger partial charge in [0.2, 0.25) is 10.0 Å². The van der Waals surface area contributed by atoms with E-state index in [0.29, 0.717) is 30.8 Å². The summed E-state index contributed by atoms with van der Waals surface area (Å²) in [6, 6.07) is 11.6. The molecule has 0 aliphatic rings. The molecular formula is C19H23BrN2O4S. The number of nitrogens with zero attached hydrogens (tertiary/aromatic N) is 1. The second-order valence-electron chi connectivity index (χ2n) is 6.04. The average molecular weight is 455 g/mol. The van der Waals surface area contributed by atoms with Gasteiger partial charge in [-0.1, -0.05) is 28.9 Å². The SMILES string of the molecule is CCCNS(=O)(=O)c1cccc(C(=O)N(C)Cc2cc(Br)ccc2OC)c1. The Hall–Kier alpha value is -1.90. The summed E-state index contributed by atoms with van der Waals surface area (Å²) >= 11 is 3.42. The van der Waals surface area contributed by atoms with E-state index < -0.39 is 10.0 Å². The number of sulfonamides is 1. The number of hydrogen-bond donors (Lipinski definition) is 1. The van der Waals surface area contributed by atoms with E-state index in [1.807, 2.05) is 25.1 Å². The molecule has 6 nitrogen and oxygen atoms in total. The fraction of sp³-hybridized carbons (Fsp3) is 0.316. The van der Waals surface area contributed by atoms with Gasteiger partial charge in [0.1, 0.15) is 5.75 Å². The normalized spacial score (nSPS) is 11.3. The lowest BCUT2D eigenvalue weighted by molar-refractivity contribution is 0.0784. The van der Waals surface area contributed by atoms with E-state index in [9.17, 15) is 13.2 Å². The van der Waals surface area contributed by atoms with Crippen molar-refractivity contribution in [2.24, 2.45) is 0 Å². The Morgan fingerprint density at radius 2 is 1.96 bits per heavy atom. The van der Waals surface area contributed by atoms with Crippen molar-refractivity contribution in [3.63, 3.8) is 0 Å². The first-order valence-electron chi connectivity index (χ1n) is 8.46. The van der Waals surface area contributed by atoms with Crippen molar-refractivity contribution in [1.82, 2.24) is 9.62 Å². The van der Waals surface area contributed by atoms with Gasteiger partial charge in [-0.15, -0.1) is 0 Å². The van der Waals surface area contributed by atoms with Crippen LogP contribution in [0.25, 0.3) is 0 Å².